The predicted molar refractivity (Wildman–Crippen MR) is 101 cm³/mol. The Labute approximate surface area is 152 Å². The summed E-state index contributed by atoms with van der Waals surface area (Å²) < 4.78 is 29.0. The average Bonchev–Trinajstić information content (AvgIpc) is 3.23. The summed E-state index contributed by atoms with van der Waals surface area (Å²) in [7, 11) is -3.65. The third kappa shape index (κ3) is 2.94. The molecular formula is C16H14N4O2S3. The molecule has 1 aromatic carbocycles. The third-order valence-corrected chi connectivity index (χ3v) is 7.27. The molecule has 4 aromatic rings. The maximum Gasteiger partial charge on any atom is 0.273 e. The van der Waals surface area contributed by atoms with E-state index in [1.54, 1.807) is 22.0 Å². The van der Waals surface area contributed by atoms with Crippen molar-refractivity contribution in [1.29, 1.82) is 0 Å². The van der Waals surface area contributed by atoms with Crippen molar-refractivity contribution in [2.45, 2.75) is 18.1 Å². The number of aryl methyl sites for hydroxylation is 2. The highest BCUT2D eigenvalue weighted by Gasteiger charge is 2.19. The fourth-order valence-corrected chi connectivity index (χ4v) is 5.35. The van der Waals surface area contributed by atoms with E-state index >= 15 is 0 Å². The van der Waals surface area contributed by atoms with Gasteiger partial charge in [0, 0.05) is 10.9 Å². The molecule has 9 heteroatoms. The number of thiazole rings is 1. The van der Waals surface area contributed by atoms with Gasteiger partial charge in [-0.05, 0) is 30.9 Å². The maximum atomic E-state index is 12.3. The van der Waals surface area contributed by atoms with Gasteiger partial charge in [-0.1, -0.05) is 29.8 Å². The number of hydrogen-bond acceptors (Lipinski definition) is 6. The second-order valence-electron chi connectivity index (χ2n) is 5.61. The SMILES string of the molecule is Cc1ccc(-c2csc3nc(NS(=O)(=O)c4cccs4)nn23)c(C)c1. The van der Waals surface area contributed by atoms with Crippen LogP contribution in [0.2, 0.25) is 0 Å². The summed E-state index contributed by atoms with van der Waals surface area (Å²) in [5.41, 5.74) is 4.27. The van der Waals surface area contributed by atoms with Crippen LogP contribution in [0.5, 0.6) is 0 Å². The summed E-state index contributed by atoms with van der Waals surface area (Å²) in [6, 6.07) is 9.44. The van der Waals surface area contributed by atoms with Crippen LogP contribution in [0.1, 0.15) is 11.1 Å². The van der Waals surface area contributed by atoms with Gasteiger partial charge >= 0.3 is 0 Å². The molecule has 0 aliphatic heterocycles. The summed E-state index contributed by atoms with van der Waals surface area (Å²) in [6.45, 7) is 4.09. The molecule has 25 heavy (non-hydrogen) atoms. The fourth-order valence-electron chi connectivity index (χ4n) is 2.60. The number of aromatic nitrogens is 3. The Balaban J connectivity index is 1.74. The standard InChI is InChI=1S/C16H14N4O2S3/c1-10-5-6-12(11(2)8-10)13-9-24-16-17-15(18-20(13)16)19-25(21,22)14-4-3-7-23-14/h3-9H,1-2H3,(H,18,19). The van der Waals surface area contributed by atoms with E-state index in [0.29, 0.717) is 4.96 Å². The van der Waals surface area contributed by atoms with Crippen LogP contribution in [0.25, 0.3) is 16.2 Å². The smallest absolute Gasteiger partial charge is 0.245 e. The summed E-state index contributed by atoms with van der Waals surface area (Å²) in [5.74, 6) is 0.0752. The molecule has 0 unspecified atom stereocenters. The lowest BCUT2D eigenvalue weighted by atomic mass is 10.0. The Morgan fingerprint density at radius 1 is 1.16 bits per heavy atom. The average molecular weight is 391 g/mol. The molecule has 4 rings (SSSR count). The van der Waals surface area contributed by atoms with Crippen LogP contribution in [0.3, 0.4) is 0 Å². The van der Waals surface area contributed by atoms with E-state index in [-0.39, 0.29) is 10.2 Å². The quantitative estimate of drug-likeness (QED) is 0.573. The second-order valence-corrected chi connectivity index (χ2v) is 9.30. The molecule has 0 radical (unpaired) electrons. The monoisotopic (exact) mass is 390 g/mol. The van der Waals surface area contributed by atoms with Gasteiger partial charge in [0.15, 0.2) is 0 Å². The van der Waals surface area contributed by atoms with Crippen LogP contribution >= 0.6 is 22.7 Å². The van der Waals surface area contributed by atoms with Crippen molar-refractivity contribution in [1.82, 2.24) is 14.6 Å². The van der Waals surface area contributed by atoms with E-state index in [1.165, 1.54) is 16.9 Å². The number of benzene rings is 1. The minimum absolute atomic E-state index is 0.0752. The first-order valence-electron chi connectivity index (χ1n) is 7.42. The number of hydrogen-bond donors (Lipinski definition) is 1. The van der Waals surface area contributed by atoms with Gasteiger partial charge in [-0.25, -0.2) is 17.7 Å². The number of nitrogens with zero attached hydrogens (tertiary/aromatic N) is 3. The van der Waals surface area contributed by atoms with Crippen LogP contribution in [-0.4, -0.2) is 23.0 Å². The van der Waals surface area contributed by atoms with Crippen LogP contribution in [0.15, 0.2) is 45.3 Å². The summed E-state index contributed by atoms with van der Waals surface area (Å²) in [6.07, 6.45) is 0. The molecule has 0 saturated heterocycles. The van der Waals surface area contributed by atoms with E-state index in [2.05, 4.69) is 20.9 Å². The zero-order chi connectivity index (χ0) is 17.6. The molecule has 0 saturated carbocycles. The first-order chi connectivity index (χ1) is 11.9. The van der Waals surface area contributed by atoms with Crippen LogP contribution in [-0.2, 0) is 10.0 Å². The molecule has 3 heterocycles. The number of rotatable bonds is 4. The minimum atomic E-state index is -3.65. The molecule has 1 N–H and O–H groups in total. The van der Waals surface area contributed by atoms with Crippen LogP contribution < -0.4 is 4.72 Å². The number of nitrogens with one attached hydrogen (secondary N) is 1. The molecular weight excluding hydrogens is 376 g/mol. The largest absolute Gasteiger partial charge is 0.273 e. The number of thiophene rings is 1. The number of fused-ring (bicyclic) bond motifs is 1. The van der Waals surface area contributed by atoms with Crippen molar-refractivity contribution in [2.24, 2.45) is 0 Å². The topological polar surface area (TPSA) is 76.4 Å². The molecule has 128 valence electrons. The Morgan fingerprint density at radius 2 is 2.00 bits per heavy atom. The molecule has 6 nitrogen and oxygen atoms in total. The van der Waals surface area contributed by atoms with E-state index in [0.717, 1.165) is 28.2 Å². The van der Waals surface area contributed by atoms with Gasteiger partial charge in [0.2, 0.25) is 4.96 Å². The zero-order valence-corrected chi connectivity index (χ0v) is 15.9. The maximum absolute atomic E-state index is 12.3. The summed E-state index contributed by atoms with van der Waals surface area (Å²) in [5, 5.41) is 8.03. The molecule has 0 atom stereocenters. The first-order valence-corrected chi connectivity index (χ1v) is 10.7. The molecule has 0 amide bonds. The Hall–Kier alpha value is -2.23. The number of sulfonamides is 1. The van der Waals surface area contributed by atoms with Gasteiger partial charge in [-0.15, -0.1) is 27.8 Å². The van der Waals surface area contributed by atoms with E-state index in [1.807, 2.05) is 31.4 Å². The van der Waals surface area contributed by atoms with Crippen LogP contribution in [0.4, 0.5) is 5.95 Å². The van der Waals surface area contributed by atoms with E-state index in [4.69, 9.17) is 0 Å². The normalized spacial score (nSPS) is 11.9. The summed E-state index contributed by atoms with van der Waals surface area (Å²) >= 11 is 2.57. The van der Waals surface area contributed by atoms with Gasteiger partial charge in [0.05, 0.1) is 5.69 Å². The highest BCUT2D eigenvalue weighted by molar-refractivity contribution is 7.94. The van der Waals surface area contributed by atoms with Gasteiger partial charge in [0.1, 0.15) is 4.21 Å². The lowest BCUT2D eigenvalue weighted by molar-refractivity contribution is 0.602. The van der Waals surface area contributed by atoms with Gasteiger partial charge in [0.25, 0.3) is 16.0 Å². The van der Waals surface area contributed by atoms with Crippen molar-refractivity contribution < 1.29 is 8.42 Å². The number of anilines is 1. The van der Waals surface area contributed by atoms with Crippen molar-refractivity contribution in [3.63, 3.8) is 0 Å². The van der Waals surface area contributed by atoms with E-state index in [9.17, 15) is 8.42 Å². The molecule has 0 spiro atoms. The van der Waals surface area contributed by atoms with E-state index < -0.39 is 10.0 Å². The van der Waals surface area contributed by atoms with Crippen LogP contribution in [0, 0.1) is 13.8 Å². The van der Waals surface area contributed by atoms with Gasteiger partial charge < -0.3 is 0 Å². The van der Waals surface area contributed by atoms with Gasteiger partial charge in [-0.2, -0.15) is 4.98 Å². The van der Waals surface area contributed by atoms with Crippen molar-refractivity contribution in [3.05, 3.63) is 52.2 Å². The highest BCUT2D eigenvalue weighted by Crippen LogP contribution is 2.29. The Bertz CT molecular complexity index is 1160. The van der Waals surface area contributed by atoms with Crippen molar-refractivity contribution >= 4 is 43.6 Å². The fraction of sp³-hybridized carbons (Fsp3) is 0.125. The second kappa shape index (κ2) is 5.94. The highest BCUT2D eigenvalue weighted by atomic mass is 32.2. The van der Waals surface area contributed by atoms with Gasteiger partial charge in [-0.3, -0.25) is 0 Å². The zero-order valence-electron chi connectivity index (χ0n) is 13.4. The lowest BCUT2D eigenvalue weighted by Crippen LogP contribution is -2.12. The Kier molecular flexibility index (Phi) is 3.86. The molecule has 0 aliphatic rings. The molecule has 0 aliphatic carbocycles. The predicted octanol–water partition coefficient (Wildman–Crippen LogP) is 3.94. The lowest BCUT2D eigenvalue weighted by Gasteiger charge is -2.05. The molecule has 0 bridgehead atoms. The molecule has 3 aromatic heterocycles. The summed E-state index contributed by atoms with van der Waals surface area (Å²) in [4.78, 5) is 4.92. The minimum Gasteiger partial charge on any atom is -0.245 e. The Morgan fingerprint density at radius 3 is 2.72 bits per heavy atom. The first kappa shape index (κ1) is 16.2. The third-order valence-electron chi connectivity index (χ3n) is 3.73. The molecule has 0 fully saturated rings. The van der Waals surface area contributed by atoms with Crippen molar-refractivity contribution in [3.8, 4) is 11.3 Å². The van der Waals surface area contributed by atoms with Crippen molar-refractivity contribution in [2.75, 3.05) is 4.72 Å².